The maximum Gasteiger partial charge on any atom is 0.409 e. The predicted molar refractivity (Wildman–Crippen MR) is 146 cm³/mol. The Bertz CT molecular complexity index is 1250. The molecule has 13 nitrogen and oxygen atoms in total. The minimum absolute atomic E-state index is 0.115. The van der Waals surface area contributed by atoms with Crippen LogP contribution >= 0.6 is 0 Å². The van der Waals surface area contributed by atoms with Crippen LogP contribution in [0.2, 0.25) is 0 Å². The van der Waals surface area contributed by atoms with Gasteiger partial charge in [-0.1, -0.05) is 19.8 Å². The zero-order valence-corrected chi connectivity index (χ0v) is 23.2. The summed E-state index contributed by atoms with van der Waals surface area (Å²) >= 11 is 0. The number of hydrogen-bond donors (Lipinski definition) is 4. The summed E-state index contributed by atoms with van der Waals surface area (Å²) < 4.78 is 12.5. The monoisotopic (exact) mass is 557 g/mol. The number of nitrogens with zero attached hydrogens (tertiary/aromatic N) is 5. The van der Waals surface area contributed by atoms with Crippen LogP contribution in [-0.2, 0) is 14.3 Å². The van der Waals surface area contributed by atoms with E-state index in [0.29, 0.717) is 50.0 Å². The van der Waals surface area contributed by atoms with Crippen molar-refractivity contribution in [1.29, 1.82) is 0 Å². The second-order valence-corrected chi connectivity index (χ2v) is 10.0. The van der Waals surface area contributed by atoms with Crippen molar-refractivity contribution >= 4 is 29.0 Å². The zero-order chi connectivity index (χ0) is 28.8. The molecular weight excluding hydrogens is 518 g/mol. The summed E-state index contributed by atoms with van der Waals surface area (Å²) in [6, 6.07) is 0. The molecule has 4 heterocycles. The highest BCUT2D eigenvalue weighted by molar-refractivity contribution is 5.83. The number of ether oxygens (including phenoxy) is 2. The molecule has 218 valence electrons. The van der Waals surface area contributed by atoms with Crippen molar-refractivity contribution < 1.29 is 29.3 Å². The fourth-order valence-corrected chi connectivity index (χ4v) is 4.72. The van der Waals surface area contributed by atoms with Crippen molar-refractivity contribution in [1.82, 2.24) is 29.7 Å². The first-order chi connectivity index (χ1) is 19.4. The van der Waals surface area contributed by atoms with Crippen LogP contribution in [0.15, 0.2) is 6.33 Å². The fraction of sp³-hybridized carbons (Fsp3) is 0.667. The molecule has 1 saturated carbocycles. The molecule has 2 aliphatic heterocycles. The lowest BCUT2D eigenvalue weighted by Crippen LogP contribution is -2.42. The number of piperidine rings is 1. The van der Waals surface area contributed by atoms with Crippen LogP contribution in [0, 0.1) is 23.7 Å². The normalized spacial score (nSPS) is 24.6. The number of carbonyl (C=O) groups excluding carboxylic acids is 2. The lowest BCUT2D eigenvalue weighted by atomic mass is 9.94. The molecule has 0 radical (unpaired) electrons. The summed E-state index contributed by atoms with van der Waals surface area (Å²) in [4.78, 5) is 39.1. The third kappa shape index (κ3) is 6.63. The second-order valence-electron chi connectivity index (χ2n) is 10.0. The average Bonchev–Trinajstić information content (AvgIpc) is 3.63. The maximum atomic E-state index is 12.2. The lowest BCUT2D eigenvalue weighted by Gasteiger charge is -2.30. The van der Waals surface area contributed by atoms with Crippen molar-refractivity contribution in [3.8, 4) is 11.8 Å². The third-order valence-electron chi connectivity index (χ3n) is 7.17. The number of rotatable bonds is 6. The molecule has 2 amide bonds. The number of aliphatic hydroxyl groups is 2. The van der Waals surface area contributed by atoms with E-state index in [0.717, 1.165) is 25.7 Å². The highest BCUT2D eigenvalue weighted by Gasteiger charge is 2.47. The van der Waals surface area contributed by atoms with E-state index in [2.05, 4.69) is 32.1 Å². The number of nitrogens with two attached hydrogens (primary N) is 1. The van der Waals surface area contributed by atoms with Crippen LogP contribution in [-0.4, -0.2) is 91.2 Å². The molecule has 2 saturated heterocycles. The second kappa shape index (κ2) is 13.3. The first kappa shape index (κ1) is 29.5. The molecule has 3 fully saturated rings. The molecule has 5 N–H and O–H groups in total. The van der Waals surface area contributed by atoms with Crippen molar-refractivity contribution in [2.75, 3.05) is 32.0 Å². The number of carbonyl (C=O) groups is 2. The molecule has 0 spiro atoms. The van der Waals surface area contributed by atoms with E-state index in [9.17, 15) is 19.8 Å². The first-order valence-electron chi connectivity index (χ1n) is 14.1. The van der Waals surface area contributed by atoms with Gasteiger partial charge in [0.1, 0.15) is 17.7 Å². The number of likely N-dealkylation sites (tertiary alicyclic amines) is 1. The molecule has 4 atom stereocenters. The van der Waals surface area contributed by atoms with Gasteiger partial charge in [-0.25, -0.2) is 19.7 Å². The molecule has 1 aliphatic carbocycles. The van der Waals surface area contributed by atoms with Gasteiger partial charge in [-0.05, 0) is 50.4 Å². The summed E-state index contributed by atoms with van der Waals surface area (Å²) in [5.41, 5.74) is 6.66. The van der Waals surface area contributed by atoms with Crippen LogP contribution in [0.3, 0.4) is 0 Å². The maximum absolute atomic E-state index is 12.2. The van der Waals surface area contributed by atoms with E-state index < -0.39 is 30.4 Å². The molecule has 2 aromatic heterocycles. The van der Waals surface area contributed by atoms with Crippen molar-refractivity contribution in [2.24, 2.45) is 11.8 Å². The van der Waals surface area contributed by atoms with E-state index in [1.54, 1.807) is 11.8 Å². The predicted octanol–water partition coefficient (Wildman–Crippen LogP) is 1.19. The Morgan fingerprint density at radius 1 is 1.15 bits per heavy atom. The van der Waals surface area contributed by atoms with Crippen LogP contribution < -0.4 is 11.1 Å². The van der Waals surface area contributed by atoms with Crippen LogP contribution in [0.25, 0.3) is 11.2 Å². The van der Waals surface area contributed by atoms with E-state index in [4.69, 9.17) is 15.2 Å². The SMILES string of the molecule is CC.CCNC(=O)[C@H]1O[C@@H](n2cnc3c(N)nc(C#CCC4CCN(C(=O)OCC5CC5)CC4)nc32)C(O)[C@H]1O. The largest absolute Gasteiger partial charge is 0.449 e. The molecule has 40 heavy (non-hydrogen) atoms. The minimum Gasteiger partial charge on any atom is -0.449 e. The number of anilines is 1. The molecule has 0 aromatic carbocycles. The smallest absolute Gasteiger partial charge is 0.409 e. The fourth-order valence-electron chi connectivity index (χ4n) is 4.72. The highest BCUT2D eigenvalue weighted by Crippen LogP contribution is 2.32. The van der Waals surface area contributed by atoms with Gasteiger partial charge in [0.2, 0.25) is 5.82 Å². The molecule has 13 heteroatoms. The van der Waals surface area contributed by atoms with E-state index in [1.807, 2.05) is 13.8 Å². The van der Waals surface area contributed by atoms with Gasteiger partial charge in [0.25, 0.3) is 5.91 Å². The molecule has 3 aliphatic rings. The molecule has 5 rings (SSSR count). The molecule has 2 aromatic rings. The van der Waals surface area contributed by atoms with Crippen LogP contribution in [0.1, 0.15) is 64.9 Å². The van der Waals surface area contributed by atoms with Crippen molar-refractivity contribution in [3.05, 3.63) is 12.2 Å². The van der Waals surface area contributed by atoms with Gasteiger partial charge in [0.05, 0.1) is 12.9 Å². The number of fused-ring (bicyclic) bond motifs is 1. The van der Waals surface area contributed by atoms with Gasteiger partial charge in [-0.3, -0.25) is 9.36 Å². The number of nitrogens with one attached hydrogen (secondary N) is 1. The third-order valence-corrected chi connectivity index (χ3v) is 7.17. The van der Waals surface area contributed by atoms with Gasteiger partial charge in [0.15, 0.2) is 23.8 Å². The van der Waals surface area contributed by atoms with Gasteiger partial charge in [0, 0.05) is 26.1 Å². The average molecular weight is 558 g/mol. The summed E-state index contributed by atoms with van der Waals surface area (Å²) in [5.74, 6) is 6.75. The summed E-state index contributed by atoms with van der Waals surface area (Å²) in [6.07, 6.45) is 0.603. The van der Waals surface area contributed by atoms with Gasteiger partial charge >= 0.3 is 6.09 Å². The van der Waals surface area contributed by atoms with E-state index in [1.165, 1.54) is 10.9 Å². The quantitative estimate of drug-likeness (QED) is 0.377. The van der Waals surface area contributed by atoms with Gasteiger partial charge in [-0.2, -0.15) is 0 Å². The Morgan fingerprint density at radius 3 is 2.55 bits per heavy atom. The number of aliphatic hydroxyl groups excluding tert-OH is 2. The number of aromatic nitrogens is 4. The molecular formula is C27H39N7O6. The first-order valence-corrected chi connectivity index (χ1v) is 14.1. The van der Waals surface area contributed by atoms with Gasteiger partial charge in [-0.15, -0.1) is 0 Å². The van der Waals surface area contributed by atoms with Crippen LogP contribution in [0.4, 0.5) is 10.6 Å². The Hall–Kier alpha value is -3.47. The number of hydrogen-bond acceptors (Lipinski definition) is 10. The Labute approximate surface area is 233 Å². The number of likely N-dealkylation sites (N-methyl/N-ethyl adjacent to an activating group) is 1. The Kier molecular flexibility index (Phi) is 9.78. The minimum atomic E-state index is -1.42. The number of imidazole rings is 1. The Morgan fingerprint density at radius 2 is 1.88 bits per heavy atom. The summed E-state index contributed by atoms with van der Waals surface area (Å²) in [5, 5.41) is 23.5. The zero-order valence-electron chi connectivity index (χ0n) is 23.2. The molecule has 0 bridgehead atoms. The van der Waals surface area contributed by atoms with E-state index in [-0.39, 0.29) is 23.4 Å². The van der Waals surface area contributed by atoms with Crippen molar-refractivity contribution in [2.45, 2.75) is 77.4 Å². The topological polar surface area (TPSA) is 178 Å². The summed E-state index contributed by atoms with van der Waals surface area (Å²) in [6.45, 7) is 7.93. The van der Waals surface area contributed by atoms with E-state index >= 15 is 0 Å². The van der Waals surface area contributed by atoms with Gasteiger partial charge < -0.3 is 35.6 Å². The standard InChI is InChI=1S/C25H33N7O6.C2H6/c1-2-27-23(35)20-18(33)19(34)24(38-20)32-13-28-17-21(26)29-16(30-22(17)32)5-3-4-14-8-10-31(11-9-14)25(36)37-12-15-6-7-15;1-2/h13-15,18-20,24,33-34H,2,4,6-12H2,1H3,(H,27,35)(H2,26,29,30);1-2H3/t18-,19?,20+,24-;/m1./s1. The molecule has 1 unspecified atom stereocenters. The lowest BCUT2D eigenvalue weighted by molar-refractivity contribution is -0.137. The number of amides is 2. The Balaban J connectivity index is 0.00000181. The highest BCUT2D eigenvalue weighted by atomic mass is 16.6. The van der Waals surface area contributed by atoms with Crippen molar-refractivity contribution in [3.63, 3.8) is 0 Å². The number of nitrogen functional groups attached to an aromatic ring is 1. The van der Waals surface area contributed by atoms with Crippen LogP contribution in [0.5, 0.6) is 0 Å². The summed E-state index contributed by atoms with van der Waals surface area (Å²) in [7, 11) is 0.